The van der Waals surface area contributed by atoms with Crippen LogP contribution in [0.4, 0.5) is 5.82 Å². The Hall–Kier alpha value is -1.52. The Morgan fingerprint density at radius 3 is 2.86 bits per heavy atom. The van der Waals surface area contributed by atoms with Crippen LogP contribution in [0, 0.1) is 0 Å². The lowest BCUT2D eigenvalue weighted by Crippen LogP contribution is -2.32. The number of H-pyrrole nitrogens is 1. The van der Waals surface area contributed by atoms with Crippen molar-refractivity contribution in [2.24, 2.45) is 0 Å². The van der Waals surface area contributed by atoms with Gasteiger partial charge in [0.15, 0.2) is 0 Å². The first-order valence-electron chi connectivity index (χ1n) is 4.87. The zero-order valence-corrected chi connectivity index (χ0v) is 7.92. The summed E-state index contributed by atoms with van der Waals surface area (Å²) in [5, 5.41) is 9.19. The second-order valence-electron chi connectivity index (χ2n) is 3.65. The van der Waals surface area contributed by atoms with Crippen molar-refractivity contribution in [3.63, 3.8) is 0 Å². The normalized spacial score (nSPS) is 17.1. The molecule has 0 saturated heterocycles. The minimum absolute atomic E-state index is 0.122. The number of aromatic amines is 1. The Kier molecular flexibility index (Phi) is 2.39. The molecule has 0 unspecified atom stereocenters. The van der Waals surface area contributed by atoms with E-state index in [1.807, 2.05) is 0 Å². The molecule has 1 heterocycles. The summed E-state index contributed by atoms with van der Waals surface area (Å²) in [6.07, 6.45) is 6.00. The third-order valence-electron chi connectivity index (χ3n) is 2.60. The SMILES string of the molecule is Nc1[nH]ncc1C(=O)NC1CCCC1. The zero-order valence-electron chi connectivity index (χ0n) is 7.92. The second kappa shape index (κ2) is 3.69. The van der Waals surface area contributed by atoms with E-state index in [9.17, 15) is 4.79 Å². The van der Waals surface area contributed by atoms with Crippen molar-refractivity contribution in [2.45, 2.75) is 31.7 Å². The van der Waals surface area contributed by atoms with Crippen LogP contribution >= 0.6 is 0 Å². The molecule has 5 heteroatoms. The minimum Gasteiger partial charge on any atom is -0.383 e. The Balaban J connectivity index is 1.98. The summed E-state index contributed by atoms with van der Waals surface area (Å²) in [6.45, 7) is 0. The van der Waals surface area contributed by atoms with Gasteiger partial charge in [-0.2, -0.15) is 5.10 Å². The number of aromatic nitrogens is 2. The van der Waals surface area contributed by atoms with Crippen molar-refractivity contribution in [3.05, 3.63) is 11.8 Å². The maximum Gasteiger partial charge on any atom is 0.256 e. The smallest absolute Gasteiger partial charge is 0.256 e. The van der Waals surface area contributed by atoms with E-state index in [0.29, 0.717) is 17.4 Å². The molecule has 1 aliphatic rings. The molecule has 14 heavy (non-hydrogen) atoms. The average molecular weight is 194 g/mol. The van der Waals surface area contributed by atoms with E-state index in [2.05, 4.69) is 15.5 Å². The zero-order chi connectivity index (χ0) is 9.97. The summed E-state index contributed by atoms with van der Waals surface area (Å²) in [4.78, 5) is 11.6. The van der Waals surface area contributed by atoms with Crippen LogP contribution in [0.5, 0.6) is 0 Å². The lowest BCUT2D eigenvalue weighted by Gasteiger charge is -2.10. The third kappa shape index (κ3) is 1.71. The van der Waals surface area contributed by atoms with Gasteiger partial charge in [0, 0.05) is 6.04 Å². The molecule has 0 radical (unpaired) electrons. The highest BCUT2D eigenvalue weighted by molar-refractivity contribution is 5.98. The van der Waals surface area contributed by atoms with E-state index >= 15 is 0 Å². The van der Waals surface area contributed by atoms with Crippen LogP contribution in [0.1, 0.15) is 36.0 Å². The molecule has 4 N–H and O–H groups in total. The van der Waals surface area contributed by atoms with Crippen LogP contribution in [0.3, 0.4) is 0 Å². The molecule has 0 spiro atoms. The first-order chi connectivity index (χ1) is 6.77. The number of nitrogens with two attached hydrogens (primary N) is 1. The van der Waals surface area contributed by atoms with Gasteiger partial charge in [-0.1, -0.05) is 12.8 Å². The fourth-order valence-electron chi connectivity index (χ4n) is 1.81. The summed E-state index contributed by atoms with van der Waals surface area (Å²) < 4.78 is 0. The summed E-state index contributed by atoms with van der Waals surface area (Å²) in [6, 6.07) is 0.316. The Labute approximate surface area is 82.1 Å². The van der Waals surface area contributed by atoms with Gasteiger partial charge >= 0.3 is 0 Å². The van der Waals surface area contributed by atoms with Crippen LogP contribution in [0.15, 0.2) is 6.20 Å². The number of hydrogen-bond donors (Lipinski definition) is 3. The predicted octanol–water partition coefficient (Wildman–Crippen LogP) is 0.664. The van der Waals surface area contributed by atoms with Gasteiger partial charge in [-0.3, -0.25) is 9.89 Å². The van der Waals surface area contributed by atoms with Gasteiger partial charge in [0.05, 0.1) is 6.20 Å². The number of carbonyl (C=O) groups is 1. The summed E-state index contributed by atoms with van der Waals surface area (Å²) in [5.41, 5.74) is 5.98. The van der Waals surface area contributed by atoms with Gasteiger partial charge in [-0.25, -0.2) is 0 Å². The van der Waals surface area contributed by atoms with E-state index in [0.717, 1.165) is 12.8 Å². The Morgan fingerprint density at radius 1 is 1.57 bits per heavy atom. The van der Waals surface area contributed by atoms with Crippen LogP contribution in [0.25, 0.3) is 0 Å². The maximum atomic E-state index is 11.6. The van der Waals surface area contributed by atoms with Gasteiger partial charge in [0.25, 0.3) is 5.91 Å². The fourth-order valence-corrected chi connectivity index (χ4v) is 1.81. The third-order valence-corrected chi connectivity index (χ3v) is 2.60. The molecular formula is C9H14N4O. The molecule has 1 aromatic heterocycles. The number of hydrogen-bond acceptors (Lipinski definition) is 3. The molecule has 0 atom stereocenters. The van der Waals surface area contributed by atoms with Crippen LogP contribution in [-0.2, 0) is 0 Å². The molecule has 0 aliphatic heterocycles. The summed E-state index contributed by atoms with van der Waals surface area (Å²) in [5.74, 6) is 0.212. The van der Waals surface area contributed by atoms with Gasteiger partial charge in [0.1, 0.15) is 11.4 Å². The van der Waals surface area contributed by atoms with Gasteiger partial charge in [-0.15, -0.1) is 0 Å². The highest BCUT2D eigenvalue weighted by Gasteiger charge is 2.19. The van der Waals surface area contributed by atoms with Gasteiger partial charge in [0.2, 0.25) is 0 Å². The summed E-state index contributed by atoms with van der Waals surface area (Å²) in [7, 11) is 0. The Morgan fingerprint density at radius 2 is 2.29 bits per heavy atom. The number of nitrogen functional groups attached to an aromatic ring is 1. The standard InChI is InChI=1S/C9H14N4O/c10-8-7(5-11-13-8)9(14)12-6-3-1-2-4-6/h5-6H,1-4H2,(H,12,14)(H3,10,11,13). The molecule has 5 nitrogen and oxygen atoms in total. The average Bonchev–Trinajstić information content (AvgIpc) is 2.75. The van der Waals surface area contributed by atoms with Crippen molar-refractivity contribution in [1.82, 2.24) is 15.5 Å². The van der Waals surface area contributed by atoms with Gasteiger partial charge in [-0.05, 0) is 12.8 Å². The molecule has 2 rings (SSSR count). The number of nitrogens with one attached hydrogen (secondary N) is 2. The maximum absolute atomic E-state index is 11.6. The molecule has 1 aromatic rings. The molecule has 1 saturated carbocycles. The molecule has 1 fully saturated rings. The van der Waals surface area contributed by atoms with Crippen molar-refractivity contribution < 1.29 is 4.79 Å². The second-order valence-corrected chi connectivity index (χ2v) is 3.65. The highest BCUT2D eigenvalue weighted by atomic mass is 16.1. The molecule has 0 bridgehead atoms. The number of rotatable bonds is 2. The van der Waals surface area contributed by atoms with E-state index in [1.165, 1.54) is 19.0 Å². The molecule has 1 aliphatic carbocycles. The number of nitrogens with zero attached hydrogens (tertiary/aromatic N) is 1. The lowest BCUT2D eigenvalue weighted by molar-refractivity contribution is 0.0939. The minimum atomic E-state index is -0.122. The fraction of sp³-hybridized carbons (Fsp3) is 0.556. The molecule has 76 valence electrons. The van der Waals surface area contributed by atoms with E-state index in [4.69, 9.17) is 5.73 Å². The number of amides is 1. The van der Waals surface area contributed by atoms with E-state index < -0.39 is 0 Å². The Bertz CT molecular complexity index is 327. The quantitative estimate of drug-likeness (QED) is 0.646. The highest BCUT2D eigenvalue weighted by Crippen LogP contribution is 2.18. The monoisotopic (exact) mass is 194 g/mol. The van der Waals surface area contributed by atoms with Crippen LogP contribution in [0.2, 0.25) is 0 Å². The van der Waals surface area contributed by atoms with E-state index in [-0.39, 0.29) is 5.91 Å². The first-order valence-corrected chi connectivity index (χ1v) is 4.87. The van der Waals surface area contributed by atoms with Crippen molar-refractivity contribution in [1.29, 1.82) is 0 Å². The summed E-state index contributed by atoms with van der Waals surface area (Å²) >= 11 is 0. The predicted molar refractivity (Wildman–Crippen MR) is 52.7 cm³/mol. The number of carbonyl (C=O) groups excluding carboxylic acids is 1. The van der Waals surface area contributed by atoms with Crippen molar-refractivity contribution >= 4 is 11.7 Å². The van der Waals surface area contributed by atoms with Crippen molar-refractivity contribution in [2.75, 3.05) is 5.73 Å². The van der Waals surface area contributed by atoms with Crippen LogP contribution < -0.4 is 11.1 Å². The topological polar surface area (TPSA) is 83.8 Å². The van der Waals surface area contributed by atoms with Gasteiger partial charge < -0.3 is 11.1 Å². The molecule has 0 aromatic carbocycles. The van der Waals surface area contributed by atoms with Crippen molar-refractivity contribution in [3.8, 4) is 0 Å². The molecular weight excluding hydrogens is 180 g/mol. The first kappa shape index (κ1) is 9.05. The van der Waals surface area contributed by atoms with E-state index in [1.54, 1.807) is 0 Å². The molecule has 1 amide bonds. The largest absolute Gasteiger partial charge is 0.383 e. The van der Waals surface area contributed by atoms with Crippen LogP contribution in [-0.4, -0.2) is 22.1 Å². The lowest BCUT2D eigenvalue weighted by atomic mass is 10.2. The number of anilines is 1.